The van der Waals surface area contributed by atoms with Gasteiger partial charge in [0.05, 0.1) is 0 Å². The van der Waals surface area contributed by atoms with Gasteiger partial charge >= 0.3 is 0 Å². The second-order valence-electron chi connectivity index (χ2n) is 4.65. The first-order valence-electron chi connectivity index (χ1n) is 5.62. The van der Waals surface area contributed by atoms with Crippen LogP contribution in [-0.2, 0) is 0 Å². The molecule has 88 valence electrons. The largest absolute Gasteiger partial charge is 0.444 e. The van der Waals surface area contributed by atoms with Crippen molar-refractivity contribution in [1.29, 1.82) is 0 Å². The van der Waals surface area contributed by atoms with Crippen LogP contribution in [0.25, 0.3) is 0 Å². The molecule has 2 rings (SSSR count). The fourth-order valence-electron chi connectivity index (χ4n) is 2.10. The van der Waals surface area contributed by atoms with Gasteiger partial charge in [0.1, 0.15) is 0 Å². The molecule has 1 aromatic rings. The van der Waals surface area contributed by atoms with Crippen molar-refractivity contribution in [1.82, 2.24) is 4.90 Å². The molecule has 1 aromatic heterocycles. The zero-order valence-corrected chi connectivity index (χ0v) is 11.2. The van der Waals surface area contributed by atoms with Crippen molar-refractivity contribution in [2.75, 3.05) is 13.1 Å². The van der Waals surface area contributed by atoms with Gasteiger partial charge in [0.2, 0.25) is 0 Å². The summed E-state index contributed by atoms with van der Waals surface area (Å²) in [5, 5.41) is 0. The molecule has 1 aliphatic rings. The number of furan rings is 1. The summed E-state index contributed by atoms with van der Waals surface area (Å²) in [5.41, 5.74) is 0. The van der Waals surface area contributed by atoms with Crippen molar-refractivity contribution >= 4 is 21.8 Å². The first-order chi connectivity index (χ1) is 7.58. The third kappa shape index (κ3) is 2.32. The summed E-state index contributed by atoms with van der Waals surface area (Å²) in [6.07, 6.45) is 1.10. The summed E-state index contributed by atoms with van der Waals surface area (Å²) >= 11 is 3.21. The number of carbonyl (C=O) groups excluding carboxylic acids is 1. The Kier molecular flexibility index (Phi) is 3.38. The number of likely N-dealkylation sites (tertiary alicyclic amines) is 1. The van der Waals surface area contributed by atoms with Crippen LogP contribution in [0.5, 0.6) is 0 Å². The lowest BCUT2D eigenvalue weighted by Crippen LogP contribution is -2.29. The monoisotopic (exact) mass is 285 g/mol. The van der Waals surface area contributed by atoms with E-state index >= 15 is 0 Å². The fraction of sp³-hybridized carbons (Fsp3) is 0.583. The summed E-state index contributed by atoms with van der Waals surface area (Å²) in [6.45, 7) is 6.12. The molecule has 1 aliphatic heterocycles. The minimum atomic E-state index is 0.00819. The van der Waals surface area contributed by atoms with E-state index in [4.69, 9.17) is 4.42 Å². The summed E-state index contributed by atoms with van der Waals surface area (Å²) in [4.78, 5) is 13.9. The zero-order chi connectivity index (χ0) is 11.7. The first-order valence-corrected chi connectivity index (χ1v) is 6.42. The van der Waals surface area contributed by atoms with Crippen LogP contribution in [0.15, 0.2) is 21.2 Å². The van der Waals surface area contributed by atoms with Crippen molar-refractivity contribution in [3.8, 4) is 0 Å². The van der Waals surface area contributed by atoms with Crippen molar-refractivity contribution in [2.24, 2.45) is 11.8 Å². The highest BCUT2D eigenvalue weighted by Gasteiger charge is 2.29. The molecule has 3 nitrogen and oxygen atoms in total. The van der Waals surface area contributed by atoms with Crippen LogP contribution >= 0.6 is 15.9 Å². The van der Waals surface area contributed by atoms with Gasteiger partial charge in [0.15, 0.2) is 10.4 Å². The van der Waals surface area contributed by atoms with E-state index < -0.39 is 0 Å². The van der Waals surface area contributed by atoms with E-state index in [0.29, 0.717) is 22.3 Å². The van der Waals surface area contributed by atoms with Crippen molar-refractivity contribution in [3.05, 3.63) is 22.6 Å². The Morgan fingerprint density at radius 3 is 2.81 bits per heavy atom. The molecule has 0 saturated carbocycles. The Labute approximate surface area is 104 Å². The molecular weight excluding hydrogens is 270 g/mol. The maximum atomic E-state index is 12.0. The Morgan fingerprint density at radius 1 is 1.56 bits per heavy atom. The summed E-state index contributed by atoms with van der Waals surface area (Å²) < 4.78 is 5.89. The van der Waals surface area contributed by atoms with Crippen LogP contribution < -0.4 is 0 Å². The molecular formula is C12H16BrNO2. The van der Waals surface area contributed by atoms with Gasteiger partial charge in [-0.1, -0.05) is 13.8 Å². The van der Waals surface area contributed by atoms with Gasteiger partial charge in [-0.3, -0.25) is 4.79 Å². The average molecular weight is 286 g/mol. The van der Waals surface area contributed by atoms with Crippen molar-refractivity contribution in [3.63, 3.8) is 0 Å². The Hall–Kier alpha value is -0.770. The van der Waals surface area contributed by atoms with Gasteiger partial charge in [-0.15, -0.1) is 0 Å². The molecule has 16 heavy (non-hydrogen) atoms. The summed E-state index contributed by atoms with van der Waals surface area (Å²) in [6, 6.07) is 3.47. The van der Waals surface area contributed by atoms with Crippen LogP contribution in [0.2, 0.25) is 0 Å². The molecule has 0 aromatic carbocycles. The van der Waals surface area contributed by atoms with E-state index in [9.17, 15) is 4.79 Å². The average Bonchev–Trinajstić information content (AvgIpc) is 2.84. The van der Waals surface area contributed by atoms with E-state index in [1.807, 2.05) is 4.90 Å². The van der Waals surface area contributed by atoms with E-state index in [2.05, 4.69) is 29.8 Å². The van der Waals surface area contributed by atoms with E-state index in [0.717, 1.165) is 19.5 Å². The molecule has 1 fully saturated rings. The van der Waals surface area contributed by atoms with Crippen LogP contribution in [0.1, 0.15) is 30.8 Å². The Balaban J connectivity index is 2.02. The molecule has 1 saturated heterocycles. The minimum absolute atomic E-state index is 0.00819. The van der Waals surface area contributed by atoms with Crippen LogP contribution in [0, 0.1) is 11.8 Å². The van der Waals surface area contributed by atoms with Crippen molar-refractivity contribution < 1.29 is 9.21 Å². The Bertz CT molecular complexity index is 386. The predicted molar refractivity (Wildman–Crippen MR) is 65.3 cm³/mol. The third-order valence-corrected chi connectivity index (χ3v) is 3.66. The standard InChI is InChI=1S/C12H16BrNO2/c1-8(2)9-5-6-14(7-9)12(15)10-3-4-11(13)16-10/h3-4,8-9H,5-7H2,1-2H3. The number of hydrogen-bond donors (Lipinski definition) is 0. The molecule has 0 N–H and O–H groups in total. The van der Waals surface area contributed by atoms with Crippen LogP contribution in [0.4, 0.5) is 0 Å². The van der Waals surface area contributed by atoms with Gasteiger partial charge in [0, 0.05) is 13.1 Å². The molecule has 0 spiro atoms. The van der Waals surface area contributed by atoms with E-state index in [1.54, 1.807) is 12.1 Å². The third-order valence-electron chi connectivity index (χ3n) is 3.24. The first kappa shape index (κ1) is 11.7. The molecule has 1 unspecified atom stereocenters. The fourth-order valence-corrected chi connectivity index (χ4v) is 2.41. The number of carbonyl (C=O) groups is 1. The number of rotatable bonds is 2. The molecule has 2 heterocycles. The van der Waals surface area contributed by atoms with Gasteiger partial charge in [-0.2, -0.15) is 0 Å². The zero-order valence-electron chi connectivity index (χ0n) is 9.57. The second-order valence-corrected chi connectivity index (χ2v) is 5.43. The number of halogens is 1. The maximum Gasteiger partial charge on any atom is 0.289 e. The molecule has 4 heteroatoms. The lowest BCUT2D eigenvalue weighted by atomic mass is 9.95. The number of hydrogen-bond acceptors (Lipinski definition) is 2. The Morgan fingerprint density at radius 2 is 2.31 bits per heavy atom. The highest BCUT2D eigenvalue weighted by Crippen LogP contribution is 2.25. The van der Waals surface area contributed by atoms with Gasteiger partial charge in [0.25, 0.3) is 5.91 Å². The lowest BCUT2D eigenvalue weighted by molar-refractivity contribution is 0.0751. The predicted octanol–water partition coefficient (Wildman–Crippen LogP) is 3.16. The highest BCUT2D eigenvalue weighted by molar-refractivity contribution is 9.10. The summed E-state index contributed by atoms with van der Waals surface area (Å²) in [7, 11) is 0. The van der Waals surface area contributed by atoms with Gasteiger partial charge in [-0.05, 0) is 46.3 Å². The topological polar surface area (TPSA) is 33.5 Å². The normalized spacial score (nSPS) is 20.8. The number of amides is 1. The van der Waals surface area contributed by atoms with E-state index in [-0.39, 0.29) is 5.91 Å². The van der Waals surface area contributed by atoms with Crippen LogP contribution in [0.3, 0.4) is 0 Å². The molecule has 1 amide bonds. The maximum absolute atomic E-state index is 12.0. The lowest BCUT2D eigenvalue weighted by Gasteiger charge is -2.16. The molecule has 0 bridgehead atoms. The van der Waals surface area contributed by atoms with Gasteiger partial charge < -0.3 is 9.32 Å². The van der Waals surface area contributed by atoms with Gasteiger partial charge in [-0.25, -0.2) is 0 Å². The highest BCUT2D eigenvalue weighted by atomic mass is 79.9. The molecule has 0 radical (unpaired) electrons. The number of nitrogens with zero attached hydrogens (tertiary/aromatic N) is 1. The quantitative estimate of drug-likeness (QED) is 0.836. The molecule has 1 atom stereocenters. The summed E-state index contributed by atoms with van der Waals surface area (Å²) in [5.74, 6) is 1.70. The molecule has 0 aliphatic carbocycles. The van der Waals surface area contributed by atoms with Crippen molar-refractivity contribution in [2.45, 2.75) is 20.3 Å². The smallest absolute Gasteiger partial charge is 0.289 e. The van der Waals surface area contributed by atoms with Crippen LogP contribution in [-0.4, -0.2) is 23.9 Å². The SMILES string of the molecule is CC(C)C1CCN(C(=O)c2ccc(Br)o2)C1. The van der Waals surface area contributed by atoms with E-state index in [1.165, 1.54) is 0 Å². The second kappa shape index (κ2) is 4.62. The minimum Gasteiger partial charge on any atom is -0.444 e.